The van der Waals surface area contributed by atoms with Crippen molar-refractivity contribution >= 4 is 27.6 Å². The zero-order valence-electron chi connectivity index (χ0n) is 19.5. The maximum Gasteiger partial charge on any atom is 0.338 e. The first kappa shape index (κ1) is 24.6. The van der Waals surface area contributed by atoms with E-state index in [9.17, 15) is 18.0 Å². The third-order valence-electron chi connectivity index (χ3n) is 6.09. The van der Waals surface area contributed by atoms with Gasteiger partial charge < -0.3 is 10.1 Å². The summed E-state index contributed by atoms with van der Waals surface area (Å²) in [5.74, 6) is -0.657. The minimum Gasteiger partial charge on any atom is -0.452 e. The molecule has 8 heteroatoms. The number of para-hydroxylation sites is 1. The number of nitrogens with one attached hydrogen (secondary N) is 1. The number of sulfonamides is 1. The van der Waals surface area contributed by atoms with Gasteiger partial charge in [-0.15, -0.1) is 0 Å². The van der Waals surface area contributed by atoms with Crippen LogP contribution in [0.5, 0.6) is 0 Å². The smallest absolute Gasteiger partial charge is 0.338 e. The number of anilines is 1. The summed E-state index contributed by atoms with van der Waals surface area (Å²) in [5, 5.41) is 2.78. The van der Waals surface area contributed by atoms with E-state index in [2.05, 4.69) is 12.2 Å². The Bertz CT molecular complexity index is 1280. The zero-order valence-corrected chi connectivity index (χ0v) is 20.3. The molecule has 0 bridgehead atoms. The Labute approximate surface area is 205 Å². The first-order valence-electron chi connectivity index (χ1n) is 11.6. The molecule has 7 nitrogen and oxygen atoms in total. The normalized spacial score (nSPS) is 14.9. The van der Waals surface area contributed by atoms with Gasteiger partial charge in [-0.1, -0.05) is 55.5 Å². The zero-order chi connectivity index (χ0) is 24.8. The second-order valence-electron chi connectivity index (χ2n) is 8.65. The van der Waals surface area contributed by atoms with E-state index < -0.39 is 28.5 Å². The molecule has 3 aromatic rings. The van der Waals surface area contributed by atoms with E-state index in [4.69, 9.17) is 4.74 Å². The third kappa shape index (κ3) is 5.96. The van der Waals surface area contributed by atoms with E-state index in [-0.39, 0.29) is 10.5 Å². The molecule has 1 aliphatic heterocycles. The summed E-state index contributed by atoms with van der Waals surface area (Å²) >= 11 is 0. The highest BCUT2D eigenvalue weighted by Gasteiger charge is 2.28. The topological polar surface area (TPSA) is 92.8 Å². The molecule has 1 N–H and O–H groups in total. The largest absolute Gasteiger partial charge is 0.452 e. The Hall–Kier alpha value is -3.49. The van der Waals surface area contributed by atoms with Gasteiger partial charge in [-0.2, -0.15) is 4.31 Å². The van der Waals surface area contributed by atoms with Gasteiger partial charge in [-0.25, -0.2) is 13.2 Å². The van der Waals surface area contributed by atoms with Gasteiger partial charge in [0, 0.05) is 24.3 Å². The fraction of sp³-hybridized carbons (Fsp3) is 0.259. The average molecular weight is 493 g/mol. The maximum atomic E-state index is 12.9. The van der Waals surface area contributed by atoms with Crippen LogP contribution in [0.3, 0.4) is 0 Å². The summed E-state index contributed by atoms with van der Waals surface area (Å²) in [6.45, 7) is 2.65. The number of piperidine rings is 1. The molecule has 35 heavy (non-hydrogen) atoms. The lowest BCUT2D eigenvalue weighted by Crippen LogP contribution is -2.37. The minimum atomic E-state index is -3.60. The van der Waals surface area contributed by atoms with E-state index in [1.54, 1.807) is 6.07 Å². The molecular formula is C27H28N2O5S. The van der Waals surface area contributed by atoms with Crippen molar-refractivity contribution in [2.75, 3.05) is 25.0 Å². The Morgan fingerprint density at radius 1 is 0.914 bits per heavy atom. The molecule has 1 saturated heterocycles. The van der Waals surface area contributed by atoms with Crippen molar-refractivity contribution < 1.29 is 22.7 Å². The number of carbonyl (C=O) groups is 2. The first-order chi connectivity index (χ1) is 16.8. The molecule has 3 aromatic carbocycles. The number of hydrogen-bond donors (Lipinski definition) is 1. The van der Waals surface area contributed by atoms with Gasteiger partial charge in [0.05, 0.1) is 10.5 Å². The van der Waals surface area contributed by atoms with Gasteiger partial charge in [0.15, 0.2) is 6.61 Å². The van der Waals surface area contributed by atoms with E-state index in [1.807, 2.05) is 48.5 Å². The van der Waals surface area contributed by atoms with E-state index in [1.165, 1.54) is 28.6 Å². The molecule has 0 aliphatic carbocycles. The van der Waals surface area contributed by atoms with Crippen molar-refractivity contribution in [2.24, 2.45) is 5.92 Å². The lowest BCUT2D eigenvalue weighted by atomic mass is 10.0. The van der Waals surface area contributed by atoms with Crippen LogP contribution in [0.2, 0.25) is 0 Å². The van der Waals surface area contributed by atoms with Crippen molar-refractivity contribution in [3.8, 4) is 11.1 Å². The third-order valence-corrected chi connectivity index (χ3v) is 8.00. The second-order valence-corrected chi connectivity index (χ2v) is 10.6. The van der Waals surface area contributed by atoms with E-state index in [0.29, 0.717) is 24.7 Å². The quantitative estimate of drug-likeness (QED) is 0.488. The van der Waals surface area contributed by atoms with Gasteiger partial charge in [-0.05, 0) is 54.7 Å². The molecule has 0 spiro atoms. The molecule has 0 atom stereocenters. The predicted molar refractivity (Wildman–Crippen MR) is 134 cm³/mol. The Morgan fingerprint density at radius 3 is 2.23 bits per heavy atom. The van der Waals surface area contributed by atoms with Crippen molar-refractivity contribution in [3.05, 3.63) is 84.4 Å². The van der Waals surface area contributed by atoms with Gasteiger partial charge in [0.2, 0.25) is 10.0 Å². The number of amides is 1. The van der Waals surface area contributed by atoms with Gasteiger partial charge in [-0.3, -0.25) is 4.79 Å². The number of rotatable bonds is 7. The minimum absolute atomic E-state index is 0.138. The Balaban J connectivity index is 1.35. The number of ether oxygens (including phenoxy) is 1. The lowest BCUT2D eigenvalue weighted by molar-refractivity contribution is -0.119. The molecule has 1 fully saturated rings. The van der Waals surface area contributed by atoms with Crippen LogP contribution >= 0.6 is 0 Å². The summed E-state index contributed by atoms with van der Waals surface area (Å²) in [7, 11) is -3.60. The van der Waals surface area contributed by atoms with Crippen molar-refractivity contribution in [1.82, 2.24) is 4.31 Å². The van der Waals surface area contributed by atoms with Gasteiger partial charge in [0.25, 0.3) is 5.91 Å². The summed E-state index contributed by atoms with van der Waals surface area (Å²) in [5.41, 5.74) is 2.59. The molecule has 0 saturated carbocycles. The van der Waals surface area contributed by atoms with Crippen LogP contribution in [0.1, 0.15) is 30.1 Å². The molecule has 182 valence electrons. The standard InChI is InChI=1S/C27H28N2O5S/c1-20-15-17-29(18-16-20)35(32,33)23-13-11-22(12-14-23)27(31)34-19-26(30)28-25-10-6-5-9-24(25)21-7-3-2-4-8-21/h2-14,20H,15-19H2,1H3,(H,28,30). The molecule has 1 heterocycles. The summed E-state index contributed by atoms with van der Waals surface area (Å²) in [4.78, 5) is 25.0. The Kier molecular flexibility index (Phi) is 7.63. The monoisotopic (exact) mass is 492 g/mol. The number of benzene rings is 3. The predicted octanol–water partition coefficient (Wildman–Crippen LogP) is 4.57. The fourth-order valence-electron chi connectivity index (χ4n) is 4.00. The van der Waals surface area contributed by atoms with E-state index in [0.717, 1.165) is 24.0 Å². The first-order valence-corrected chi connectivity index (χ1v) is 13.0. The van der Waals surface area contributed by atoms with Crippen molar-refractivity contribution in [3.63, 3.8) is 0 Å². The lowest BCUT2D eigenvalue weighted by Gasteiger charge is -2.29. The SMILES string of the molecule is CC1CCN(S(=O)(=O)c2ccc(C(=O)OCC(=O)Nc3ccccc3-c3ccccc3)cc2)CC1. The van der Waals surface area contributed by atoms with Crippen molar-refractivity contribution in [2.45, 2.75) is 24.7 Å². The summed E-state index contributed by atoms with van der Waals surface area (Å²) < 4.78 is 32.3. The van der Waals surface area contributed by atoms with E-state index >= 15 is 0 Å². The molecule has 4 rings (SSSR count). The number of esters is 1. The highest BCUT2D eigenvalue weighted by Crippen LogP contribution is 2.27. The summed E-state index contributed by atoms with van der Waals surface area (Å²) in [6.07, 6.45) is 1.67. The van der Waals surface area contributed by atoms with Crippen LogP contribution < -0.4 is 5.32 Å². The molecule has 0 radical (unpaired) electrons. The van der Waals surface area contributed by atoms with Crippen LogP contribution in [0.15, 0.2) is 83.8 Å². The fourth-order valence-corrected chi connectivity index (χ4v) is 5.47. The molecule has 1 amide bonds. The highest BCUT2D eigenvalue weighted by molar-refractivity contribution is 7.89. The average Bonchev–Trinajstić information content (AvgIpc) is 2.88. The van der Waals surface area contributed by atoms with Gasteiger partial charge in [0.1, 0.15) is 0 Å². The molecule has 1 aliphatic rings. The number of hydrogen-bond acceptors (Lipinski definition) is 5. The maximum absolute atomic E-state index is 12.9. The van der Waals surface area contributed by atoms with Crippen LogP contribution in [-0.2, 0) is 19.6 Å². The van der Waals surface area contributed by atoms with Gasteiger partial charge >= 0.3 is 5.97 Å². The van der Waals surface area contributed by atoms with Crippen LogP contribution in [-0.4, -0.2) is 44.3 Å². The highest BCUT2D eigenvalue weighted by atomic mass is 32.2. The second kappa shape index (κ2) is 10.8. The van der Waals surface area contributed by atoms with Crippen LogP contribution in [0.25, 0.3) is 11.1 Å². The van der Waals surface area contributed by atoms with Crippen LogP contribution in [0, 0.1) is 5.92 Å². The number of nitrogens with zero attached hydrogens (tertiary/aromatic N) is 1. The summed E-state index contributed by atoms with van der Waals surface area (Å²) in [6, 6.07) is 22.6. The van der Waals surface area contributed by atoms with Crippen molar-refractivity contribution in [1.29, 1.82) is 0 Å². The molecule has 0 unspecified atom stereocenters. The Morgan fingerprint density at radius 2 is 1.54 bits per heavy atom. The molecule has 0 aromatic heterocycles. The van der Waals surface area contributed by atoms with Crippen LogP contribution in [0.4, 0.5) is 5.69 Å². The number of carbonyl (C=O) groups excluding carboxylic acids is 2. The molecular weight excluding hydrogens is 464 g/mol.